The molecule has 1 aliphatic rings. The van der Waals surface area contributed by atoms with Crippen LogP contribution in [0, 0.1) is 5.92 Å². The second-order valence-electron chi connectivity index (χ2n) is 5.06. The Kier molecular flexibility index (Phi) is 5.06. The highest BCUT2D eigenvalue weighted by molar-refractivity contribution is 5.74. The summed E-state index contributed by atoms with van der Waals surface area (Å²) in [6.07, 6.45) is 4.63. The van der Waals surface area contributed by atoms with Gasteiger partial charge in [0.25, 0.3) is 0 Å². The van der Waals surface area contributed by atoms with Gasteiger partial charge < -0.3 is 15.3 Å². The molecule has 0 aromatic rings. The van der Waals surface area contributed by atoms with Crippen molar-refractivity contribution in [2.75, 3.05) is 13.7 Å². The minimum Gasteiger partial charge on any atom is -0.394 e. The molecule has 1 saturated carbocycles. The molecule has 2 amide bonds. The van der Waals surface area contributed by atoms with Crippen molar-refractivity contribution in [1.82, 2.24) is 10.2 Å². The molecule has 3 atom stereocenters. The Morgan fingerprint density at radius 2 is 2.25 bits per heavy atom. The molecule has 0 radical (unpaired) electrons. The maximum atomic E-state index is 11.8. The maximum absolute atomic E-state index is 11.8. The highest BCUT2D eigenvalue weighted by Crippen LogP contribution is 2.23. The van der Waals surface area contributed by atoms with E-state index in [0.717, 1.165) is 12.8 Å². The van der Waals surface area contributed by atoms with Crippen LogP contribution in [0.1, 0.15) is 39.5 Å². The minimum absolute atomic E-state index is 0.00495. The summed E-state index contributed by atoms with van der Waals surface area (Å²) in [6.45, 7) is 4.08. The first-order valence-electron chi connectivity index (χ1n) is 6.18. The molecule has 94 valence electrons. The van der Waals surface area contributed by atoms with Gasteiger partial charge in [0.15, 0.2) is 0 Å². The van der Waals surface area contributed by atoms with Crippen LogP contribution in [0.5, 0.6) is 0 Å². The molecule has 16 heavy (non-hydrogen) atoms. The van der Waals surface area contributed by atoms with Crippen LogP contribution < -0.4 is 5.32 Å². The van der Waals surface area contributed by atoms with Crippen molar-refractivity contribution in [2.24, 2.45) is 5.92 Å². The number of nitrogens with one attached hydrogen (secondary N) is 1. The fourth-order valence-corrected chi connectivity index (χ4v) is 2.16. The number of hydrogen-bond acceptors (Lipinski definition) is 2. The fraction of sp³-hybridized carbons (Fsp3) is 0.917. The maximum Gasteiger partial charge on any atom is 0.317 e. The first kappa shape index (κ1) is 13.3. The zero-order valence-corrected chi connectivity index (χ0v) is 10.6. The van der Waals surface area contributed by atoms with Crippen LogP contribution in [0.2, 0.25) is 0 Å². The van der Waals surface area contributed by atoms with Gasteiger partial charge in [0.1, 0.15) is 0 Å². The van der Waals surface area contributed by atoms with Crippen molar-refractivity contribution in [2.45, 2.75) is 51.6 Å². The monoisotopic (exact) mass is 228 g/mol. The Morgan fingerprint density at radius 1 is 1.56 bits per heavy atom. The average molecular weight is 228 g/mol. The highest BCUT2D eigenvalue weighted by atomic mass is 16.3. The second-order valence-corrected chi connectivity index (χ2v) is 5.06. The number of rotatable bonds is 3. The van der Waals surface area contributed by atoms with Gasteiger partial charge in [0.05, 0.1) is 12.6 Å². The Bertz CT molecular complexity index is 233. The predicted octanol–water partition coefficient (Wildman–Crippen LogP) is 1.59. The van der Waals surface area contributed by atoms with Gasteiger partial charge in [-0.2, -0.15) is 0 Å². The molecule has 3 unspecified atom stereocenters. The van der Waals surface area contributed by atoms with Crippen molar-refractivity contribution < 1.29 is 9.90 Å². The largest absolute Gasteiger partial charge is 0.394 e. The van der Waals surface area contributed by atoms with E-state index in [9.17, 15) is 4.79 Å². The highest BCUT2D eigenvalue weighted by Gasteiger charge is 2.22. The van der Waals surface area contributed by atoms with E-state index >= 15 is 0 Å². The fourth-order valence-electron chi connectivity index (χ4n) is 2.16. The lowest BCUT2D eigenvalue weighted by molar-refractivity contribution is 0.151. The van der Waals surface area contributed by atoms with E-state index in [0.29, 0.717) is 12.0 Å². The second kappa shape index (κ2) is 6.09. The molecule has 1 aliphatic carbocycles. The summed E-state index contributed by atoms with van der Waals surface area (Å²) >= 11 is 0. The summed E-state index contributed by atoms with van der Waals surface area (Å²) in [4.78, 5) is 13.4. The molecule has 1 fully saturated rings. The number of aliphatic hydroxyl groups excluding tert-OH is 1. The summed E-state index contributed by atoms with van der Waals surface area (Å²) in [5.74, 6) is 0.708. The number of urea groups is 1. The molecule has 0 saturated heterocycles. The van der Waals surface area contributed by atoms with Gasteiger partial charge in [0.2, 0.25) is 0 Å². The number of hydrogen-bond donors (Lipinski definition) is 2. The number of likely N-dealkylation sites (N-methyl/N-ethyl adjacent to an activating group) is 1. The van der Waals surface area contributed by atoms with E-state index in [2.05, 4.69) is 12.2 Å². The molecule has 0 heterocycles. The SMILES string of the molecule is CC1CCCC(NC(=O)N(C)C(C)CO)C1. The number of amides is 2. The van der Waals surface area contributed by atoms with Crippen molar-refractivity contribution in [3.05, 3.63) is 0 Å². The summed E-state index contributed by atoms with van der Waals surface area (Å²) in [6, 6.07) is 0.117. The van der Waals surface area contributed by atoms with E-state index in [1.54, 1.807) is 11.9 Å². The molecule has 0 aliphatic heterocycles. The number of nitrogens with zero attached hydrogens (tertiary/aromatic N) is 1. The molecular weight excluding hydrogens is 204 g/mol. The zero-order chi connectivity index (χ0) is 12.1. The quantitative estimate of drug-likeness (QED) is 0.770. The third-order valence-electron chi connectivity index (χ3n) is 3.51. The molecular formula is C12H24N2O2. The van der Waals surface area contributed by atoms with Crippen molar-refractivity contribution in [1.29, 1.82) is 0 Å². The summed E-state index contributed by atoms with van der Waals surface area (Å²) in [5.41, 5.74) is 0. The van der Waals surface area contributed by atoms with Gasteiger partial charge in [-0.25, -0.2) is 4.79 Å². The smallest absolute Gasteiger partial charge is 0.317 e. The molecule has 4 nitrogen and oxygen atoms in total. The zero-order valence-electron chi connectivity index (χ0n) is 10.6. The number of carbonyl (C=O) groups excluding carboxylic acids is 1. The first-order chi connectivity index (χ1) is 7.54. The van der Waals surface area contributed by atoms with Crippen LogP contribution >= 0.6 is 0 Å². The van der Waals surface area contributed by atoms with Crippen molar-refractivity contribution >= 4 is 6.03 Å². The van der Waals surface area contributed by atoms with Gasteiger partial charge in [0, 0.05) is 13.1 Å². The van der Waals surface area contributed by atoms with Crippen LogP contribution in [0.3, 0.4) is 0 Å². The summed E-state index contributed by atoms with van der Waals surface area (Å²) in [5, 5.41) is 12.0. The van der Waals surface area contributed by atoms with Gasteiger partial charge in [-0.05, 0) is 25.7 Å². The third kappa shape index (κ3) is 3.67. The van der Waals surface area contributed by atoms with E-state index in [4.69, 9.17) is 5.11 Å². The van der Waals surface area contributed by atoms with Gasteiger partial charge >= 0.3 is 6.03 Å². The molecule has 0 spiro atoms. The van der Waals surface area contributed by atoms with E-state index in [1.165, 1.54) is 12.8 Å². The average Bonchev–Trinajstić information content (AvgIpc) is 2.27. The number of aliphatic hydroxyl groups is 1. The molecule has 0 aromatic carbocycles. The van der Waals surface area contributed by atoms with Gasteiger partial charge in [-0.3, -0.25) is 0 Å². The summed E-state index contributed by atoms with van der Waals surface area (Å²) in [7, 11) is 1.72. The third-order valence-corrected chi connectivity index (χ3v) is 3.51. The predicted molar refractivity (Wildman–Crippen MR) is 64.3 cm³/mol. The Morgan fingerprint density at radius 3 is 2.81 bits per heavy atom. The molecule has 2 N–H and O–H groups in total. The Hall–Kier alpha value is -0.770. The Labute approximate surface area is 98.0 Å². The van der Waals surface area contributed by atoms with Crippen molar-refractivity contribution in [3.8, 4) is 0 Å². The van der Waals surface area contributed by atoms with Crippen LogP contribution in [0.25, 0.3) is 0 Å². The number of carbonyl (C=O) groups is 1. The summed E-state index contributed by atoms with van der Waals surface area (Å²) < 4.78 is 0. The molecule has 0 aromatic heterocycles. The van der Waals surface area contributed by atoms with Crippen LogP contribution in [0.4, 0.5) is 4.79 Å². The van der Waals surface area contributed by atoms with Crippen molar-refractivity contribution in [3.63, 3.8) is 0 Å². The van der Waals surface area contributed by atoms with Crippen LogP contribution in [0.15, 0.2) is 0 Å². The standard InChI is InChI=1S/C12H24N2O2/c1-9-5-4-6-11(7-9)13-12(16)14(3)10(2)8-15/h9-11,15H,4-8H2,1-3H3,(H,13,16). The van der Waals surface area contributed by atoms with Crippen LogP contribution in [-0.4, -0.2) is 41.8 Å². The molecule has 0 bridgehead atoms. The lowest BCUT2D eigenvalue weighted by Crippen LogP contribution is -2.48. The van der Waals surface area contributed by atoms with E-state index in [-0.39, 0.29) is 18.7 Å². The first-order valence-corrected chi connectivity index (χ1v) is 6.18. The van der Waals surface area contributed by atoms with Crippen LogP contribution in [-0.2, 0) is 0 Å². The minimum atomic E-state index is -0.124. The topological polar surface area (TPSA) is 52.6 Å². The molecule has 1 rings (SSSR count). The van der Waals surface area contributed by atoms with Gasteiger partial charge in [-0.15, -0.1) is 0 Å². The van der Waals surface area contributed by atoms with E-state index < -0.39 is 0 Å². The molecule has 4 heteroatoms. The lowest BCUT2D eigenvalue weighted by Gasteiger charge is -2.31. The van der Waals surface area contributed by atoms with E-state index in [1.807, 2.05) is 6.92 Å². The lowest BCUT2D eigenvalue weighted by atomic mass is 9.87. The van der Waals surface area contributed by atoms with Gasteiger partial charge in [-0.1, -0.05) is 19.8 Å². The normalized spacial score (nSPS) is 27.2. The Balaban J connectivity index is 2.38.